The van der Waals surface area contributed by atoms with Crippen LogP contribution in [-0.2, 0) is 15.3 Å². The van der Waals surface area contributed by atoms with Gasteiger partial charge in [0.05, 0.1) is 27.7 Å². The molecule has 0 spiro atoms. The number of nitrogens with zero attached hydrogens (tertiary/aromatic N) is 2. The molecule has 0 N–H and O–H groups in total. The molecule has 1 saturated heterocycles. The first-order chi connectivity index (χ1) is 15.4. The Balaban J connectivity index is 1.25. The zero-order chi connectivity index (χ0) is 22.1. The molecule has 4 atom stereocenters. The summed E-state index contributed by atoms with van der Waals surface area (Å²) in [6.07, 6.45) is 5.22. The van der Waals surface area contributed by atoms with Crippen molar-refractivity contribution in [2.24, 2.45) is 23.7 Å². The van der Waals surface area contributed by atoms with Gasteiger partial charge in [0.2, 0.25) is 11.8 Å². The topological polar surface area (TPSA) is 50.3 Å². The second-order valence-corrected chi connectivity index (χ2v) is 11.6. The number of carbonyl (C=O) groups excluding carboxylic acids is 2. The zero-order valence-electron chi connectivity index (χ0n) is 18.3. The molecular weight excluding hydrogens is 436 g/mol. The zero-order valence-corrected chi connectivity index (χ0v) is 19.9. The fourth-order valence-electron chi connectivity index (χ4n) is 5.82. The Kier molecular flexibility index (Phi) is 4.60. The van der Waals surface area contributed by atoms with Gasteiger partial charge in [-0.2, -0.15) is 0 Å². The van der Waals surface area contributed by atoms with Gasteiger partial charge in [0.25, 0.3) is 0 Å². The van der Waals surface area contributed by atoms with Crippen molar-refractivity contribution in [2.45, 2.75) is 37.3 Å². The standard InChI is InChI=1S/C26H24N2O2S2/c1-13-8-14(2)19(15(3)9-13)12-31-26-27-20-7-6-18(11-21(20)32-26)28-24(29)22-16-4-5-17(10-16)23(22)25(28)30/h4-9,11,16-17,22-23H,10,12H2,1-3H3/t16-,17-,22-,23+/m0/s1. The van der Waals surface area contributed by atoms with Crippen molar-refractivity contribution in [3.63, 3.8) is 0 Å². The fourth-order valence-corrected chi connectivity index (χ4v) is 8.12. The maximum atomic E-state index is 13.1. The average Bonchev–Trinajstić information content (AvgIpc) is 3.49. The summed E-state index contributed by atoms with van der Waals surface area (Å²) < 4.78 is 2.02. The third-order valence-corrected chi connectivity index (χ3v) is 9.45. The minimum atomic E-state index is -0.165. The van der Waals surface area contributed by atoms with E-state index in [1.807, 2.05) is 18.2 Å². The van der Waals surface area contributed by atoms with E-state index < -0.39 is 0 Å². The van der Waals surface area contributed by atoms with Crippen LogP contribution in [-0.4, -0.2) is 16.8 Å². The largest absolute Gasteiger partial charge is 0.274 e. The number of carbonyl (C=O) groups is 2. The lowest BCUT2D eigenvalue weighted by Crippen LogP contribution is -2.32. The first-order valence-corrected chi connectivity index (χ1v) is 12.9. The van der Waals surface area contributed by atoms with Gasteiger partial charge in [-0.3, -0.25) is 9.59 Å². The Hall–Kier alpha value is -2.44. The quantitative estimate of drug-likeness (QED) is 0.279. The van der Waals surface area contributed by atoms with Crippen molar-refractivity contribution in [3.05, 3.63) is 64.7 Å². The molecule has 2 aliphatic carbocycles. The number of amides is 2. The van der Waals surface area contributed by atoms with E-state index in [1.54, 1.807) is 23.1 Å². The lowest BCUT2D eigenvalue weighted by Gasteiger charge is -2.17. The van der Waals surface area contributed by atoms with Gasteiger partial charge in [-0.15, -0.1) is 11.3 Å². The fraction of sp³-hybridized carbons (Fsp3) is 0.346. The van der Waals surface area contributed by atoms with Crippen molar-refractivity contribution in [2.75, 3.05) is 4.90 Å². The van der Waals surface area contributed by atoms with E-state index in [0.29, 0.717) is 5.69 Å². The van der Waals surface area contributed by atoms with Gasteiger partial charge in [-0.25, -0.2) is 9.88 Å². The summed E-state index contributed by atoms with van der Waals surface area (Å²) in [6, 6.07) is 10.2. The molecule has 1 saturated carbocycles. The molecule has 0 radical (unpaired) electrons. The molecule has 2 fully saturated rings. The third-order valence-electron chi connectivity index (χ3n) is 7.26. The van der Waals surface area contributed by atoms with E-state index in [1.165, 1.54) is 27.2 Å². The van der Waals surface area contributed by atoms with E-state index in [9.17, 15) is 9.59 Å². The van der Waals surface area contributed by atoms with E-state index in [2.05, 4.69) is 45.1 Å². The summed E-state index contributed by atoms with van der Waals surface area (Å²) in [4.78, 5) is 32.5. The van der Waals surface area contributed by atoms with Gasteiger partial charge in [0.1, 0.15) is 0 Å². The van der Waals surface area contributed by atoms with Crippen molar-refractivity contribution in [3.8, 4) is 0 Å². The van der Waals surface area contributed by atoms with E-state index in [0.717, 1.165) is 26.7 Å². The van der Waals surface area contributed by atoms with Gasteiger partial charge >= 0.3 is 0 Å². The summed E-state index contributed by atoms with van der Waals surface area (Å²) in [7, 11) is 0. The average molecular weight is 461 g/mol. The predicted octanol–water partition coefficient (Wildman–Crippen LogP) is 5.83. The lowest BCUT2D eigenvalue weighted by molar-refractivity contribution is -0.123. The van der Waals surface area contributed by atoms with Crippen LogP contribution in [0, 0.1) is 44.4 Å². The molecule has 6 heteroatoms. The van der Waals surface area contributed by atoms with Crippen LogP contribution in [0.15, 0.2) is 46.8 Å². The van der Waals surface area contributed by atoms with Crippen LogP contribution < -0.4 is 4.90 Å². The third kappa shape index (κ3) is 3.00. The molecule has 2 amide bonds. The maximum absolute atomic E-state index is 13.1. The molecule has 6 rings (SSSR count). The van der Waals surface area contributed by atoms with Crippen molar-refractivity contribution in [1.82, 2.24) is 4.98 Å². The number of aryl methyl sites for hydroxylation is 3. The summed E-state index contributed by atoms with van der Waals surface area (Å²) in [6.45, 7) is 6.47. The molecule has 32 heavy (non-hydrogen) atoms. The van der Waals surface area contributed by atoms with Crippen LogP contribution in [0.5, 0.6) is 0 Å². The molecular formula is C26H24N2O2S2. The highest BCUT2D eigenvalue weighted by Crippen LogP contribution is 2.53. The number of aromatic nitrogens is 1. The number of hydrogen-bond acceptors (Lipinski definition) is 5. The smallest absolute Gasteiger partial charge is 0.238 e. The van der Waals surface area contributed by atoms with Crippen LogP contribution in [0.25, 0.3) is 10.2 Å². The van der Waals surface area contributed by atoms with Crippen LogP contribution in [0.1, 0.15) is 28.7 Å². The minimum absolute atomic E-state index is 0.0272. The van der Waals surface area contributed by atoms with Crippen LogP contribution in [0.4, 0.5) is 5.69 Å². The first kappa shape index (κ1) is 20.2. The normalized spacial score (nSPS) is 26.0. The Morgan fingerprint density at radius 3 is 2.31 bits per heavy atom. The van der Waals surface area contributed by atoms with E-state index >= 15 is 0 Å². The Labute approximate surface area is 195 Å². The highest BCUT2D eigenvalue weighted by Gasteiger charge is 2.59. The summed E-state index contributed by atoms with van der Waals surface area (Å²) in [5.41, 5.74) is 6.90. The Morgan fingerprint density at radius 2 is 1.66 bits per heavy atom. The monoisotopic (exact) mass is 460 g/mol. The van der Waals surface area contributed by atoms with Gasteiger partial charge in [0.15, 0.2) is 4.34 Å². The first-order valence-electron chi connectivity index (χ1n) is 11.1. The highest BCUT2D eigenvalue weighted by atomic mass is 32.2. The number of rotatable bonds is 4. The van der Waals surface area contributed by atoms with Crippen molar-refractivity contribution >= 4 is 50.8 Å². The second kappa shape index (κ2) is 7.29. The molecule has 2 aromatic carbocycles. The molecule has 0 unspecified atom stereocenters. The molecule has 3 aromatic rings. The predicted molar refractivity (Wildman–Crippen MR) is 130 cm³/mol. The van der Waals surface area contributed by atoms with Crippen molar-refractivity contribution in [1.29, 1.82) is 0 Å². The minimum Gasteiger partial charge on any atom is -0.274 e. The molecule has 4 nitrogen and oxygen atoms in total. The lowest BCUT2D eigenvalue weighted by atomic mass is 9.85. The molecule has 162 valence electrons. The molecule has 2 bridgehead atoms. The highest BCUT2D eigenvalue weighted by molar-refractivity contribution is 8.00. The van der Waals surface area contributed by atoms with Crippen LogP contribution in [0.3, 0.4) is 0 Å². The Bertz CT molecular complexity index is 1270. The van der Waals surface area contributed by atoms with Gasteiger partial charge in [-0.1, -0.05) is 41.6 Å². The second-order valence-electron chi connectivity index (χ2n) is 9.31. The van der Waals surface area contributed by atoms with Gasteiger partial charge < -0.3 is 0 Å². The number of thiazole rings is 1. The number of hydrogen-bond donors (Lipinski definition) is 0. The summed E-state index contributed by atoms with van der Waals surface area (Å²) in [5, 5.41) is 0. The number of imide groups is 1. The maximum Gasteiger partial charge on any atom is 0.238 e. The number of thioether (sulfide) groups is 1. The summed E-state index contributed by atoms with van der Waals surface area (Å²) in [5.74, 6) is 0.961. The van der Waals surface area contributed by atoms with E-state index in [4.69, 9.17) is 4.98 Å². The molecule has 3 aliphatic rings. The molecule has 1 aromatic heterocycles. The number of fused-ring (bicyclic) bond motifs is 6. The number of benzene rings is 2. The Morgan fingerprint density at radius 1 is 1.00 bits per heavy atom. The van der Waals surface area contributed by atoms with Crippen LogP contribution >= 0.6 is 23.1 Å². The number of allylic oxidation sites excluding steroid dienone is 2. The van der Waals surface area contributed by atoms with Gasteiger partial charge in [0, 0.05) is 5.75 Å². The van der Waals surface area contributed by atoms with Gasteiger partial charge in [-0.05, 0) is 73.9 Å². The van der Waals surface area contributed by atoms with E-state index in [-0.39, 0.29) is 35.5 Å². The van der Waals surface area contributed by atoms with Crippen LogP contribution in [0.2, 0.25) is 0 Å². The molecule has 2 heterocycles. The number of anilines is 1. The summed E-state index contributed by atoms with van der Waals surface area (Å²) >= 11 is 3.38. The molecule has 1 aliphatic heterocycles. The van der Waals surface area contributed by atoms with Crippen molar-refractivity contribution < 1.29 is 9.59 Å². The SMILES string of the molecule is Cc1cc(C)c(CSc2nc3ccc(N4C(=O)[C@@H]5[C@H](C4=O)[C@H]4C=C[C@H]5C4)cc3s2)c(C)c1.